The van der Waals surface area contributed by atoms with Crippen molar-refractivity contribution < 1.29 is 9.13 Å². The molecule has 0 aromatic heterocycles. The van der Waals surface area contributed by atoms with Crippen LogP contribution in [0.15, 0.2) is 40.9 Å². The Balaban J connectivity index is 2.40. The van der Waals surface area contributed by atoms with Gasteiger partial charge in [-0.2, -0.15) is 0 Å². The van der Waals surface area contributed by atoms with Crippen molar-refractivity contribution in [3.63, 3.8) is 0 Å². The predicted molar refractivity (Wildman–Crippen MR) is 79.5 cm³/mol. The van der Waals surface area contributed by atoms with Gasteiger partial charge in [0.15, 0.2) is 0 Å². The summed E-state index contributed by atoms with van der Waals surface area (Å²) in [6.45, 7) is 1.96. The van der Waals surface area contributed by atoms with E-state index in [2.05, 4.69) is 15.9 Å². The Morgan fingerprint density at radius 3 is 2.53 bits per heavy atom. The van der Waals surface area contributed by atoms with E-state index in [9.17, 15) is 4.39 Å². The normalized spacial score (nSPS) is 12.3. The van der Waals surface area contributed by atoms with E-state index in [4.69, 9.17) is 16.3 Å². The lowest BCUT2D eigenvalue weighted by Crippen LogP contribution is -1.98. The van der Waals surface area contributed by atoms with E-state index in [1.54, 1.807) is 7.11 Å². The first kappa shape index (κ1) is 14.4. The summed E-state index contributed by atoms with van der Waals surface area (Å²) in [5, 5.41) is -0.391. The monoisotopic (exact) mass is 342 g/mol. The number of hydrogen-bond acceptors (Lipinski definition) is 1. The van der Waals surface area contributed by atoms with Crippen molar-refractivity contribution in [2.75, 3.05) is 7.11 Å². The fourth-order valence-corrected chi connectivity index (χ4v) is 2.81. The van der Waals surface area contributed by atoms with Crippen LogP contribution in [0.4, 0.5) is 4.39 Å². The number of hydrogen-bond donors (Lipinski definition) is 0. The largest absolute Gasteiger partial charge is 0.497 e. The molecule has 1 atom stereocenters. The number of rotatable bonds is 3. The van der Waals surface area contributed by atoms with Gasteiger partial charge >= 0.3 is 0 Å². The first-order valence-electron chi connectivity index (χ1n) is 5.76. The summed E-state index contributed by atoms with van der Waals surface area (Å²) in [6, 6.07) is 10.4. The molecule has 0 radical (unpaired) electrons. The standard InChI is InChI=1S/C15H13BrClFO/c1-9-5-13(19-2)3-4-14(9)15(17)10-6-11(16)8-12(18)7-10/h3-8,15H,1-2H3. The summed E-state index contributed by atoms with van der Waals surface area (Å²) in [7, 11) is 1.62. The molecule has 2 rings (SSSR count). The average molecular weight is 344 g/mol. The van der Waals surface area contributed by atoms with Crippen molar-refractivity contribution in [3.8, 4) is 5.75 Å². The zero-order valence-electron chi connectivity index (χ0n) is 10.6. The molecular formula is C15H13BrClFO. The Morgan fingerprint density at radius 2 is 1.95 bits per heavy atom. The van der Waals surface area contributed by atoms with Crippen molar-refractivity contribution in [1.82, 2.24) is 0 Å². The molecule has 1 unspecified atom stereocenters. The fourth-order valence-electron chi connectivity index (χ4n) is 1.96. The predicted octanol–water partition coefficient (Wildman–Crippen LogP) is 5.23. The van der Waals surface area contributed by atoms with Crippen LogP contribution in [0.5, 0.6) is 5.75 Å². The zero-order chi connectivity index (χ0) is 14.0. The number of halogens is 3. The Morgan fingerprint density at radius 1 is 1.21 bits per heavy atom. The van der Waals surface area contributed by atoms with Crippen LogP contribution in [0, 0.1) is 12.7 Å². The lowest BCUT2D eigenvalue weighted by atomic mass is 10.00. The van der Waals surface area contributed by atoms with E-state index >= 15 is 0 Å². The second kappa shape index (κ2) is 5.93. The molecular weight excluding hydrogens is 331 g/mol. The van der Waals surface area contributed by atoms with Gasteiger partial charge in [-0.25, -0.2) is 4.39 Å². The third-order valence-corrected chi connectivity index (χ3v) is 3.87. The van der Waals surface area contributed by atoms with Crippen LogP contribution in [-0.2, 0) is 0 Å². The molecule has 2 aromatic carbocycles. The van der Waals surface area contributed by atoms with Gasteiger partial charge < -0.3 is 4.74 Å². The van der Waals surface area contributed by atoms with Crippen LogP contribution in [0.2, 0.25) is 0 Å². The third-order valence-electron chi connectivity index (χ3n) is 2.93. The molecule has 0 N–H and O–H groups in total. The van der Waals surface area contributed by atoms with E-state index in [-0.39, 0.29) is 5.82 Å². The molecule has 19 heavy (non-hydrogen) atoms. The quantitative estimate of drug-likeness (QED) is 0.693. The molecule has 1 nitrogen and oxygen atoms in total. The van der Waals surface area contributed by atoms with Crippen LogP contribution < -0.4 is 4.74 Å². The lowest BCUT2D eigenvalue weighted by molar-refractivity contribution is 0.414. The lowest BCUT2D eigenvalue weighted by Gasteiger charge is -2.14. The number of methoxy groups -OCH3 is 1. The van der Waals surface area contributed by atoms with Crippen molar-refractivity contribution in [2.24, 2.45) is 0 Å². The summed E-state index contributed by atoms with van der Waals surface area (Å²) in [5.41, 5.74) is 2.68. The van der Waals surface area contributed by atoms with Crippen LogP contribution in [-0.4, -0.2) is 7.11 Å². The van der Waals surface area contributed by atoms with E-state index in [0.29, 0.717) is 4.47 Å². The topological polar surface area (TPSA) is 9.23 Å². The minimum Gasteiger partial charge on any atom is -0.497 e. The number of aryl methyl sites for hydroxylation is 1. The highest BCUT2D eigenvalue weighted by Crippen LogP contribution is 2.34. The summed E-state index contributed by atoms with van der Waals surface area (Å²) in [5.74, 6) is 0.478. The number of ether oxygens (including phenoxy) is 1. The van der Waals surface area contributed by atoms with Crippen molar-refractivity contribution >= 4 is 27.5 Å². The SMILES string of the molecule is COc1ccc(C(Cl)c2cc(F)cc(Br)c2)c(C)c1. The first-order chi connectivity index (χ1) is 9.01. The first-order valence-corrected chi connectivity index (χ1v) is 6.99. The van der Waals surface area contributed by atoms with Gasteiger partial charge in [0.2, 0.25) is 0 Å². The molecule has 0 bridgehead atoms. The second-order valence-corrected chi connectivity index (χ2v) is 5.64. The van der Waals surface area contributed by atoms with E-state index in [1.165, 1.54) is 12.1 Å². The van der Waals surface area contributed by atoms with Gasteiger partial charge in [0.05, 0.1) is 12.5 Å². The van der Waals surface area contributed by atoms with E-state index in [1.807, 2.05) is 31.2 Å². The van der Waals surface area contributed by atoms with Crippen LogP contribution in [0.3, 0.4) is 0 Å². The number of benzene rings is 2. The minimum atomic E-state index is -0.391. The highest BCUT2D eigenvalue weighted by molar-refractivity contribution is 9.10. The fraction of sp³-hybridized carbons (Fsp3) is 0.200. The average Bonchev–Trinajstić information content (AvgIpc) is 2.36. The maximum atomic E-state index is 13.4. The van der Waals surface area contributed by atoms with Gasteiger partial charge in [-0.05, 0) is 53.9 Å². The van der Waals surface area contributed by atoms with E-state index < -0.39 is 5.38 Å². The zero-order valence-corrected chi connectivity index (χ0v) is 12.9. The van der Waals surface area contributed by atoms with Crippen LogP contribution in [0.25, 0.3) is 0 Å². The second-order valence-electron chi connectivity index (χ2n) is 4.29. The summed E-state index contributed by atoms with van der Waals surface area (Å²) in [6.07, 6.45) is 0. The van der Waals surface area contributed by atoms with Crippen LogP contribution in [0.1, 0.15) is 22.1 Å². The smallest absolute Gasteiger partial charge is 0.124 e. The molecule has 0 heterocycles. The van der Waals surface area contributed by atoms with Crippen molar-refractivity contribution in [2.45, 2.75) is 12.3 Å². The highest BCUT2D eigenvalue weighted by atomic mass is 79.9. The van der Waals surface area contributed by atoms with Crippen LogP contribution >= 0.6 is 27.5 Å². The molecule has 4 heteroatoms. The molecule has 100 valence electrons. The van der Waals surface area contributed by atoms with Gasteiger partial charge in [0, 0.05) is 4.47 Å². The number of alkyl halides is 1. The van der Waals surface area contributed by atoms with Gasteiger partial charge in [-0.1, -0.05) is 22.0 Å². The molecule has 0 aliphatic carbocycles. The minimum absolute atomic E-state index is 0.304. The van der Waals surface area contributed by atoms with Crippen molar-refractivity contribution in [3.05, 3.63) is 63.4 Å². The molecule has 0 fully saturated rings. The van der Waals surface area contributed by atoms with Gasteiger partial charge in [-0.3, -0.25) is 0 Å². The molecule has 0 aliphatic rings. The summed E-state index contributed by atoms with van der Waals surface area (Å²) in [4.78, 5) is 0. The van der Waals surface area contributed by atoms with Gasteiger partial charge in [0.1, 0.15) is 11.6 Å². The van der Waals surface area contributed by atoms with Gasteiger partial charge in [-0.15, -0.1) is 11.6 Å². The highest BCUT2D eigenvalue weighted by Gasteiger charge is 2.15. The molecule has 0 spiro atoms. The molecule has 2 aromatic rings. The Kier molecular flexibility index (Phi) is 4.48. The Bertz CT molecular complexity index is 580. The summed E-state index contributed by atoms with van der Waals surface area (Å²) < 4.78 is 19.3. The molecule has 0 saturated heterocycles. The van der Waals surface area contributed by atoms with Gasteiger partial charge in [0.25, 0.3) is 0 Å². The molecule has 0 saturated carbocycles. The Hall–Kier alpha value is -1.06. The third kappa shape index (κ3) is 3.28. The Labute approximate surface area is 125 Å². The van der Waals surface area contributed by atoms with E-state index in [0.717, 1.165) is 22.4 Å². The summed E-state index contributed by atoms with van der Waals surface area (Å²) >= 11 is 9.72. The van der Waals surface area contributed by atoms with Crippen molar-refractivity contribution in [1.29, 1.82) is 0 Å². The molecule has 0 amide bonds. The molecule has 0 aliphatic heterocycles. The maximum absolute atomic E-state index is 13.4. The maximum Gasteiger partial charge on any atom is 0.124 e.